The van der Waals surface area contributed by atoms with Gasteiger partial charge in [-0.3, -0.25) is 0 Å². The third-order valence-corrected chi connectivity index (χ3v) is 2.60. The van der Waals surface area contributed by atoms with E-state index in [1.54, 1.807) is 7.11 Å². The van der Waals surface area contributed by atoms with Gasteiger partial charge in [0.25, 0.3) is 0 Å². The third-order valence-electron chi connectivity index (χ3n) is 2.60. The van der Waals surface area contributed by atoms with Gasteiger partial charge in [0, 0.05) is 18.5 Å². The maximum Gasteiger partial charge on any atom is 0.197 e. The molecule has 1 unspecified atom stereocenters. The normalized spacial score (nSPS) is 12.9. The quantitative estimate of drug-likeness (QED) is 0.857. The zero-order valence-corrected chi connectivity index (χ0v) is 9.56. The number of aromatic nitrogens is 1. The van der Waals surface area contributed by atoms with E-state index in [0.717, 1.165) is 23.3 Å². The molecule has 1 atom stereocenters. The van der Waals surface area contributed by atoms with Crippen molar-refractivity contribution in [1.29, 1.82) is 0 Å². The van der Waals surface area contributed by atoms with Crippen LogP contribution in [-0.2, 0) is 6.42 Å². The van der Waals surface area contributed by atoms with Crippen molar-refractivity contribution in [1.82, 2.24) is 4.98 Å². The van der Waals surface area contributed by atoms with Crippen LogP contribution in [0.5, 0.6) is 5.75 Å². The van der Waals surface area contributed by atoms with Crippen molar-refractivity contribution in [3.05, 3.63) is 24.1 Å². The molecular formula is C12H16N2O2. The van der Waals surface area contributed by atoms with E-state index in [9.17, 15) is 0 Å². The standard InChI is InChI=1S/C12H16N2O2/c1-3-8(13)6-12-14-10-7-9(15-2)4-5-11(10)16-12/h4-5,7-8H,3,6,13H2,1-2H3. The monoisotopic (exact) mass is 220 g/mol. The van der Waals surface area contributed by atoms with Crippen LogP contribution in [0.15, 0.2) is 22.6 Å². The summed E-state index contributed by atoms with van der Waals surface area (Å²) in [6.07, 6.45) is 1.59. The summed E-state index contributed by atoms with van der Waals surface area (Å²) in [7, 11) is 1.63. The Labute approximate surface area is 94.4 Å². The number of methoxy groups -OCH3 is 1. The number of rotatable bonds is 4. The van der Waals surface area contributed by atoms with Gasteiger partial charge < -0.3 is 14.9 Å². The van der Waals surface area contributed by atoms with Gasteiger partial charge in [-0.05, 0) is 18.6 Å². The molecule has 4 heteroatoms. The molecule has 0 aliphatic rings. The van der Waals surface area contributed by atoms with Gasteiger partial charge in [0.1, 0.15) is 11.3 Å². The molecule has 2 rings (SSSR count). The summed E-state index contributed by atoms with van der Waals surface area (Å²) in [6, 6.07) is 5.69. The van der Waals surface area contributed by atoms with E-state index in [2.05, 4.69) is 11.9 Å². The topological polar surface area (TPSA) is 61.3 Å². The molecule has 2 N–H and O–H groups in total. The first-order valence-corrected chi connectivity index (χ1v) is 5.42. The minimum absolute atomic E-state index is 0.106. The van der Waals surface area contributed by atoms with Gasteiger partial charge in [-0.1, -0.05) is 6.92 Å². The molecule has 0 fully saturated rings. The molecule has 0 amide bonds. The molecule has 0 aliphatic carbocycles. The minimum atomic E-state index is 0.106. The average Bonchev–Trinajstić information content (AvgIpc) is 2.69. The SMILES string of the molecule is CCC(N)Cc1nc2cc(OC)ccc2o1. The maximum atomic E-state index is 5.86. The van der Waals surface area contributed by atoms with Crippen molar-refractivity contribution < 1.29 is 9.15 Å². The van der Waals surface area contributed by atoms with Crippen LogP contribution in [-0.4, -0.2) is 18.1 Å². The van der Waals surface area contributed by atoms with Crippen LogP contribution in [0.3, 0.4) is 0 Å². The second-order valence-corrected chi connectivity index (χ2v) is 3.81. The Hall–Kier alpha value is -1.55. The van der Waals surface area contributed by atoms with Crippen LogP contribution >= 0.6 is 0 Å². The van der Waals surface area contributed by atoms with E-state index < -0.39 is 0 Å². The summed E-state index contributed by atoms with van der Waals surface area (Å²) in [4.78, 5) is 4.38. The molecule has 86 valence electrons. The van der Waals surface area contributed by atoms with Crippen LogP contribution in [0.25, 0.3) is 11.1 Å². The van der Waals surface area contributed by atoms with Gasteiger partial charge in [-0.2, -0.15) is 0 Å². The Bertz CT molecular complexity index is 479. The molecule has 1 aromatic carbocycles. The summed E-state index contributed by atoms with van der Waals surface area (Å²) < 4.78 is 10.7. The largest absolute Gasteiger partial charge is 0.497 e. The van der Waals surface area contributed by atoms with E-state index in [-0.39, 0.29) is 6.04 Å². The molecule has 2 aromatic rings. The third kappa shape index (κ3) is 2.17. The van der Waals surface area contributed by atoms with Gasteiger partial charge in [-0.15, -0.1) is 0 Å². The van der Waals surface area contributed by atoms with Crippen molar-refractivity contribution in [2.45, 2.75) is 25.8 Å². The number of fused-ring (bicyclic) bond motifs is 1. The van der Waals surface area contributed by atoms with E-state index >= 15 is 0 Å². The zero-order valence-electron chi connectivity index (χ0n) is 9.56. The van der Waals surface area contributed by atoms with Crippen molar-refractivity contribution in [2.24, 2.45) is 5.73 Å². The average molecular weight is 220 g/mol. The second-order valence-electron chi connectivity index (χ2n) is 3.81. The highest BCUT2D eigenvalue weighted by molar-refractivity contribution is 5.74. The molecule has 16 heavy (non-hydrogen) atoms. The van der Waals surface area contributed by atoms with Gasteiger partial charge >= 0.3 is 0 Å². The predicted octanol–water partition coefficient (Wildman–Crippen LogP) is 2.12. The van der Waals surface area contributed by atoms with Crippen LogP contribution in [0.1, 0.15) is 19.2 Å². The first kappa shape index (κ1) is 11.0. The van der Waals surface area contributed by atoms with Gasteiger partial charge in [-0.25, -0.2) is 4.98 Å². The Morgan fingerprint density at radius 2 is 2.31 bits per heavy atom. The first-order chi connectivity index (χ1) is 7.72. The van der Waals surface area contributed by atoms with Crippen molar-refractivity contribution >= 4 is 11.1 Å². The maximum absolute atomic E-state index is 5.86. The number of hydrogen-bond donors (Lipinski definition) is 1. The highest BCUT2D eigenvalue weighted by atomic mass is 16.5. The lowest BCUT2D eigenvalue weighted by atomic mass is 10.2. The summed E-state index contributed by atoms with van der Waals surface area (Å²) in [5.74, 6) is 1.48. The summed E-state index contributed by atoms with van der Waals surface area (Å²) in [5, 5.41) is 0. The zero-order chi connectivity index (χ0) is 11.5. The second kappa shape index (κ2) is 4.53. The first-order valence-electron chi connectivity index (χ1n) is 5.42. The molecular weight excluding hydrogens is 204 g/mol. The Kier molecular flexibility index (Phi) is 3.10. The van der Waals surface area contributed by atoms with E-state index in [4.69, 9.17) is 14.9 Å². The lowest BCUT2D eigenvalue weighted by Crippen LogP contribution is -2.21. The fourth-order valence-corrected chi connectivity index (χ4v) is 1.54. The van der Waals surface area contributed by atoms with Crippen LogP contribution in [0.4, 0.5) is 0 Å². The number of nitrogens with two attached hydrogens (primary N) is 1. The molecule has 0 aliphatic heterocycles. The molecule has 0 saturated carbocycles. The molecule has 0 saturated heterocycles. The summed E-state index contributed by atoms with van der Waals surface area (Å²) in [5.41, 5.74) is 7.45. The van der Waals surface area contributed by atoms with Gasteiger partial charge in [0.15, 0.2) is 11.5 Å². The van der Waals surface area contributed by atoms with Gasteiger partial charge in [0.2, 0.25) is 0 Å². The van der Waals surface area contributed by atoms with Gasteiger partial charge in [0.05, 0.1) is 7.11 Å². The molecule has 4 nitrogen and oxygen atoms in total. The van der Waals surface area contributed by atoms with Crippen LogP contribution < -0.4 is 10.5 Å². The Morgan fingerprint density at radius 3 is 3.00 bits per heavy atom. The van der Waals surface area contributed by atoms with Crippen molar-refractivity contribution in [3.63, 3.8) is 0 Å². The van der Waals surface area contributed by atoms with E-state index in [0.29, 0.717) is 12.3 Å². The molecule has 1 aromatic heterocycles. The minimum Gasteiger partial charge on any atom is -0.497 e. The molecule has 0 bridgehead atoms. The van der Waals surface area contributed by atoms with Crippen LogP contribution in [0, 0.1) is 0 Å². The van der Waals surface area contributed by atoms with E-state index in [1.807, 2.05) is 18.2 Å². The summed E-state index contributed by atoms with van der Waals surface area (Å²) >= 11 is 0. The highest BCUT2D eigenvalue weighted by Crippen LogP contribution is 2.21. The Morgan fingerprint density at radius 1 is 1.50 bits per heavy atom. The fraction of sp³-hybridized carbons (Fsp3) is 0.417. The van der Waals surface area contributed by atoms with E-state index in [1.165, 1.54) is 0 Å². The number of hydrogen-bond acceptors (Lipinski definition) is 4. The number of benzene rings is 1. The highest BCUT2D eigenvalue weighted by Gasteiger charge is 2.09. The number of nitrogens with zero attached hydrogens (tertiary/aromatic N) is 1. The molecule has 1 heterocycles. The fourth-order valence-electron chi connectivity index (χ4n) is 1.54. The lowest BCUT2D eigenvalue weighted by molar-refractivity contribution is 0.415. The predicted molar refractivity (Wildman–Crippen MR) is 62.5 cm³/mol. The van der Waals surface area contributed by atoms with Crippen LogP contribution in [0.2, 0.25) is 0 Å². The van der Waals surface area contributed by atoms with Crippen molar-refractivity contribution in [3.8, 4) is 5.75 Å². The van der Waals surface area contributed by atoms with Crippen molar-refractivity contribution in [2.75, 3.05) is 7.11 Å². The number of oxazole rings is 1. The summed E-state index contributed by atoms with van der Waals surface area (Å²) in [6.45, 7) is 2.05. The number of ether oxygens (including phenoxy) is 1. The Balaban J connectivity index is 2.29. The lowest BCUT2D eigenvalue weighted by Gasteiger charge is -2.03. The molecule has 0 spiro atoms. The molecule has 0 radical (unpaired) electrons. The smallest absolute Gasteiger partial charge is 0.197 e.